The number of phenols is 1. The number of phenolic OH excluding ortho intramolecular Hbond substituents is 1. The number of benzene rings is 3. The summed E-state index contributed by atoms with van der Waals surface area (Å²) in [5.41, 5.74) is 7.53. The molecule has 39 heavy (non-hydrogen) atoms. The van der Waals surface area contributed by atoms with Crippen molar-refractivity contribution in [3.05, 3.63) is 96.1 Å². The third kappa shape index (κ3) is 4.43. The van der Waals surface area contributed by atoms with E-state index in [0.29, 0.717) is 11.1 Å². The van der Waals surface area contributed by atoms with Gasteiger partial charge in [-0.05, 0) is 84.6 Å². The van der Waals surface area contributed by atoms with Gasteiger partial charge in [0.2, 0.25) is 0 Å². The van der Waals surface area contributed by atoms with E-state index in [1.165, 1.54) is 19.3 Å². The summed E-state index contributed by atoms with van der Waals surface area (Å²) < 4.78 is 2.36. The zero-order valence-corrected chi connectivity index (χ0v) is 22.1. The van der Waals surface area contributed by atoms with Crippen molar-refractivity contribution in [3.8, 4) is 39.5 Å². The van der Waals surface area contributed by atoms with Crippen molar-refractivity contribution in [2.75, 3.05) is 0 Å². The van der Waals surface area contributed by atoms with Crippen molar-refractivity contribution in [3.63, 3.8) is 0 Å². The summed E-state index contributed by atoms with van der Waals surface area (Å²) in [5, 5.41) is 12.0. The average Bonchev–Trinajstić information content (AvgIpc) is 3.37. The lowest BCUT2D eigenvalue weighted by atomic mass is 9.95. The van der Waals surface area contributed by atoms with Crippen LogP contribution in [0.1, 0.15) is 38.1 Å². The number of hydrogen-bond acceptors (Lipinski definition) is 4. The zero-order valence-electron chi connectivity index (χ0n) is 21.4. The van der Waals surface area contributed by atoms with Gasteiger partial charge >= 0.3 is 0 Å². The van der Waals surface area contributed by atoms with Gasteiger partial charge in [0.1, 0.15) is 17.1 Å². The van der Waals surface area contributed by atoms with Crippen LogP contribution in [-0.4, -0.2) is 24.6 Å². The lowest BCUT2D eigenvalue weighted by Gasteiger charge is -2.25. The Hall–Kier alpha value is -4.22. The molecule has 0 atom stereocenters. The Labute approximate surface area is 231 Å². The maximum Gasteiger partial charge on any atom is 0.160 e. The van der Waals surface area contributed by atoms with Gasteiger partial charge in [-0.15, -0.1) is 0 Å². The van der Waals surface area contributed by atoms with Crippen molar-refractivity contribution in [1.29, 1.82) is 0 Å². The van der Waals surface area contributed by atoms with Crippen molar-refractivity contribution in [1.82, 2.24) is 19.5 Å². The Morgan fingerprint density at radius 1 is 0.744 bits per heavy atom. The van der Waals surface area contributed by atoms with Crippen LogP contribution in [0.15, 0.2) is 91.1 Å². The van der Waals surface area contributed by atoms with E-state index in [0.717, 1.165) is 68.7 Å². The van der Waals surface area contributed by atoms with Crippen molar-refractivity contribution >= 4 is 33.7 Å². The van der Waals surface area contributed by atoms with Crippen LogP contribution in [0.3, 0.4) is 0 Å². The fourth-order valence-corrected chi connectivity index (χ4v) is 5.98. The standard InChI is InChI=1S/C33H27ClN4O/c34-24-12-8-21(9-13-24)27-15-14-26(39)20-28(27)30-17-10-22-19-23(11-16-29(22)36-30)32-37-31-7-4-18-35-33(31)38(32)25-5-2-1-3-6-25/h4,7-20,25,39H,1-3,5-6H2. The van der Waals surface area contributed by atoms with Crippen molar-refractivity contribution in [2.45, 2.75) is 38.1 Å². The largest absolute Gasteiger partial charge is 0.508 e. The van der Waals surface area contributed by atoms with E-state index in [1.807, 2.05) is 54.7 Å². The molecular formula is C33H27ClN4O. The minimum absolute atomic E-state index is 0.204. The van der Waals surface area contributed by atoms with Crippen LogP contribution in [0.2, 0.25) is 5.02 Å². The monoisotopic (exact) mass is 530 g/mol. The van der Waals surface area contributed by atoms with Gasteiger partial charge < -0.3 is 9.67 Å². The van der Waals surface area contributed by atoms with E-state index >= 15 is 0 Å². The molecular weight excluding hydrogens is 504 g/mol. The van der Waals surface area contributed by atoms with Crippen molar-refractivity contribution in [2.24, 2.45) is 0 Å². The molecule has 192 valence electrons. The first kappa shape index (κ1) is 23.9. The number of rotatable bonds is 4. The summed E-state index contributed by atoms with van der Waals surface area (Å²) in [7, 11) is 0. The van der Waals surface area contributed by atoms with Crippen LogP contribution < -0.4 is 0 Å². The molecule has 3 aromatic carbocycles. The molecule has 1 aliphatic rings. The van der Waals surface area contributed by atoms with Crippen LogP contribution in [0.5, 0.6) is 5.75 Å². The summed E-state index contributed by atoms with van der Waals surface area (Å²) >= 11 is 6.12. The summed E-state index contributed by atoms with van der Waals surface area (Å²) in [6.45, 7) is 0. The van der Waals surface area contributed by atoms with Crippen LogP contribution >= 0.6 is 11.6 Å². The molecule has 0 bridgehead atoms. The van der Waals surface area contributed by atoms with Gasteiger partial charge in [-0.3, -0.25) is 0 Å². The number of halogens is 1. The molecule has 0 radical (unpaired) electrons. The Balaban J connectivity index is 1.32. The highest BCUT2D eigenvalue weighted by Gasteiger charge is 2.23. The maximum atomic E-state index is 10.3. The quantitative estimate of drug-likeness (QED) is 0.247. The molecule has 3 heterocycles. The van der Waals surface area contributed by atoms with Gasteiger partial charge in [0.15, 0.2) is 5.65 Å². The van der Waals surface area contributed by atoms with E-state index in [4.69, 9.17) is 26.6 Å². The molecule has 1 N–H and O–H groups in total. The first-order chi connectivity index (χ1) is 19.1. The van der Waals surface area contributed by atoms with Gasteiger partial charge in [0.05, 0.1) is 11.2 Å². The van der Waals surface area contributed by atoms with Gasteiger partial charge in [0.25, 0.3) is 0 Å². The Morgan fingerprint density at radius 3 is 2.41 bits per heavy atom. The Bertz CT molecular complexity index is 1820. The normalized spacial score (nSPS) is 14.3. The van der Waals surface area contributed by atoms with Gasteiger partial charge in [-0.1, -0.05) is 55.1 Å². The number of aromatic nitrogens is 4. The fourth-order valence-electron chi connectivity index (χ4n) is 5.86. The first-order valence-corrected chi connectivity index (χ1v) is 13.9. The lowest BCUT2D eigenvalue weighted by molar-refractivity contribution is 0.361. The van der Waals surface area contributed by atoms with E-state index in [-0.39, 0.29) is 5.75 Å². The molecule has 5 nitrogen and oxygen atoms in total. The minimum atomic E-state index is 0.204. The SMILES string of the molecule is Oc1ccc(-c2ccc(Cl)cc2)c(-c2ccc3cc(-c4nc5cccnc5n4C4CCCCC4)ccc3n2)c1. The summed E-state index contributed by atoms with van der Waals surface area (Å²) in [5.74, 6) is 1.18. The molecule has 0 aliphatic heterocycles. The lowest BCUT2D eigenvalue weighted by Crippen LogP contribution is -2.14. The van der Waals surface area contributed by atoms with Crippen LogP contribution in [0.25, 0.3) is 55.8 Å². The summed E-state index contributed by atoms with van der Waals surface area (Å²) in [4.78, 5) is 14.8. The molecule has 0 saturated heterocycles. The first-order valence-electron chi connectivity index (χ1n) is 13.5. The topological polar surface area (TPSA) is 63.8 Å². The average molecular weight is 531 g/mol. The number of imidazole rings is 1. The minimum Gasteiger partial charge on any atom is -0.508 e. The number of pyridine rings is 2. The molecule has 0 unspecified atom stereocenters. The van der Waals surface area contributed by atoms with E-state index in [2.05, 4.69) is 28.8 Å². The fraction of sp³-hybridized carbons (Fsp3) is 0.182. The van der Waals surface area contributed by atoms with Gasteiger partial charge in [-0.2, -0.15) is 0 Å². The van der Waals surface area contributed by atoms with Crippen LogP contribution in [0, 0.1) is 0 Å². The predicted octanol–water partition coefficient (Wildman–Crippen LogP) is 8.84. The third-order valence-corrected chi connectivity index (χ3v) is 8.02. The molecule has 0 amide bonds. The predicted molar refractivity (Wildman–Crippen MR) is 158 cm³/mol. The molecule has 6 aromatic rings. The highest BCUT2D eigenvalue weighted by Crippen LogP contribution is 2.38. The molecule has 1 aliphatic carbocycles. The second-order valence-electron chi connectivity index (χ2n) is 10.3. The van der Waals surface area contributed by atoms with E-state index in [1.54, 1.807) is 12.1 Å². The van der Waals surface area contributed by atoms with Crippen LogP contribution in [0.4, 0.5) is 0 Å². The molecule has 0 spiro atoms. The van der Waals surface area contributed by atoms with E-state index < -0.39 is 0 Å². The maximum absolute atomic E-state index is 10.3. The smallest absolute Gasteiger partial charge is 0.160 e. The highest BCUT2D eigenvalue weighted by molar-refractivity contribution is 6.30. The van der Waals surface area contributed by atoms with E-state index in [9.17, 15) is 5.11 Å². The van der Waals surface area contributed by atoms with Gasteiger partial charge in [0, 0.05) is 33.8 Å². The molecule has 1 saturated carbocycles. The van der Waals surface area contributed by atoms with Gasteiger partial charge in [-0.25, -0.2) is 15.0 Å². The van der Waals surface area contributed by atoms with Crippen LogP contribution in [-0.2, 0) is 0 Å². The highest BCUT2D eigenvalue weighted by atomic mass is 35.5. The number of nitrogens with zero attached hydrogens (tertiary/aromatic N) is 4. The summed E-state index contributed by atoms with van der Waals surface area (Å²) in [6.07, 6.45) is 7.97. The second-order valence-corrected chi connectivity index (χ2v) is 10.7. The Kier molecular flexibility index (Phi) is 6.01. The Morgan fingerprint density at radius 2 is 1.56 bits per heavy atom. The number of aromatic hydroxyl groups is 1. The third-order valence-electron chi connectivity index (χ3n) is 7.77. The second kappa shape index (κ2) is 9.83. The molecule has 6 heteroatoms. The van der Waals surface area contributed by atoms with Crippen molar-refractivity contribution < 1.29 is 5.11 Å². The molecule has 1 fully saturated rings. The number of hydrogen-bond donors (Lipinski definition) is 1. The zero-order chi connectivity index (χ0) is 26.3. The molecule has 3 aromatic heterocycles. The number of fused-ring (bicyclic) bond motifs is 2. The molecule has 7 rings (SSSR count). The summed E-state index contributed by atoms with van der Waals surface area (Å²) in [6, 6.07) is 28.0.